The molecule has 0 aromatic heterocycles. The fraction of sp³-hybridized carbons (Fsp3) is 0.467. The van der Waals surface area contributed by atoms with Crippen LogP contribution in [0.1, 0.15) is 25.3 Å². The molecule has 0 radical (unpaired) electrons. The topological polar surface area (TPSA) is 78.4 Å². The van der Waals surface area contributed by atoms with Crippen molar-refractivity contribution in [2.24, 2.45) is 0 Å². The minimum absolute atomic E-state index is 0.0636. The lowest BCUT2D eigenvalue weighted by molar-refractivity contribution is -0.145. The third-order valence-electron chi connectivity index (χ3n) is 3.32. The average Bonchev–Trinajstić information content (AvgIpc) is 2.44. The normalized spacial score (nSPS) is 13.5. The van der Waals surface area contributed by atoms with Crippen LogP contribution in [0.3, 0.4) is 0 Å². The zero-order chi connectivity index (χ0) is 15.0. The molecule has 1 amide bonds. The molecule has 3 N–H and O–H groups in total. The van der Waals surface area contributed by atoms with Crippen LogP contribution >= 0.6 is 0 Å². The second-order valence-corrected chi connectivity index (χ2v) is 4.99. The molecule has 5 nitrogen and oxygen atoms in total. The number of hydrogen-bond acceptors (Lipinski definition) is 3. The van der Waals surface area contributed by atoms with Crippen molar-refractivity contribution in [3.8, 4) is 0 Å². The summed E-state index contributed by atoms with van der Waals surface area (Å²) in [5.74, 6) is -1.23. The zero-order valence-electron chi connectivity index (χ0n) is 12.0. The molecule has 1 unspecified atom stereocenters. The van der Waals surface area contributed by atoms with Crippen molar-refractivity contribution in [2.75, 3.05) is 20.1 Å². The third-order valence-corrected chi connectivity index (χ3v) is 3.32. The first-order valence-electron chi connectivity index (χ1n) is 6.71. The lowest BCUT2D eigenvalue weighted by Gasteiger charge is -2.24. The highest BCUT2D eigenvalue weighted by atomic mass is 16.4. The summed E-state index contributed by atoms with van der Waals surface area (Å²) >= 11 is 0. The van der Waals surface area contributed by atoms with E-state index in [4.69, 9.17) is 0 Å². The van der Waals surface area contributed by atoms with Crippen LogP contribution in [0, 0.1) is 0 Å². The molecule has 110 valence electrons. The van der Waals surface area contributed by atoms with Gasteiger partial charge in [0.25, 0.3) is 0 Å². The fourth-order valence-electron chi connectivity index (χ4n) is 1.98. The Kier molecular flexibility index (Phi) is 6.18. The molecule has 0 fully saturated rings. The highest BCUT2D eigenvalue weighted by Gasteiger charge is 2.37. The van der Waals surface area contributed by atoms with Crippen LogP contribution in [0.15, 0.2) is 30.3 Å². The van der Waals surface area contributed by atoms with Gasteiger partial charge in [-0.3, -0.25) is 9.59 Å². The number of carbonyl (C=O) groups excluding carboxylic acids is 1. The predicted molar refractivity (Wildman–Crippen MR) is 77.6 cm³/mol. The Balaban J connectivity index is 2.68. The third kappa shape index (κ3) is 4.35. The Hall–Kier alpha value is -1.88. The van der Waals surface area contributed by atoms with Crippen LogP contribution < -0.4 is 10.6 Å². The SMILES string of the molecule is CNCCCNC(=O)CC(C)(C(=O)O)c1ccccc1. The molecular formula is C15H22N2O3. The van der Waals surface area contributed by atoms with Crippen molar-refractivity contribution in [2.45, 2.75) is 25.2 Å². The maximum atomic E-state index is 11.9. The number of hydrogen-bond donors (Lipinski definition) is 3. The van der Waals surface area contributed by atoms with Gasteiger partial charge in [-0.05, 0) is 32.5 Å². The summed E-state index contributed by atoms with van der Waals surface area (Å²) in [4.78, 5) is 23.4. The summed E-state index contributed by atoms with van der Waals surface area (Å²) in [6.07, 6.45) is 0.753. The van der Waals surface area contributed by atoms with Crippen molar-refractivity contribution in [1.82, 2.24) is 10.6 Å². The van der Waals surface area contributed by atoms with E-state index >= 15 is 0 Å². The van der Waals surface area contributed by atoms with E-state index in [-0.39, 0.29) is 12.3 Å². The molecule has 0 spiro atoms. The lowest BCUT2D eigenvalue weighted by Crippen LogP contribution is -2.39. The summed E-state index contributed by atoms with van der Waals surface area (Å²) in [5.41, 5.74) is -0.563. The number of rotatable bonds is 8. The van der Waals surface area contributed by atoms with Gasteiger partial charge in [-0.15, -0.1) is 0 Å². The van der Waals surface area contributed by atoms with Crippen LogP contribution in [0.2, 0.25) is 0 Å². The summed E-state index contributed by atoms with van der Waals surface area (Å²) < 4.78 is 0. The summed E-state index contributed by atoms with van der Waals surface area (Å²) in [5, 5.41) is 15.2. The first-order valence-corrected chi connectivity index (χ1v) is 6.71. The van der Waals surface area contributed by atoms with Gasteiger partial charge in [-0.1, -0.05) is 30.3 Å². The lowest BCUT2D eigenvalue weighted by atomic mass is 9.79. The van der Waals surface area contributed by atoms with Crippen LogP contribution in [0.5, 0.6) is 0 Å². The van der Waals surface area contributed by atoms with Gasteiger partial charge in [-0.2, -0.15) is 0 Å². The largest absolute Gasteiger partial charge is 0.481 e. The van der Waals surface area contributed by atoms with E-state index in [2.05, 4.69) is 10.6 Å². The number of nitrogens with one attached hydrogen (secondary N) is 2. The molecule has 0 aliphatic rings. The molecule has 5 heteroatoms. The van der Waals surface area contributed by atoms with E-state index in [0.29, 0.717) is 12.1 Å². The Bertz CT molecular complexity index is 448. The highest BCUT2D eigenvalue weighted by Crippen LogP contribution is 2.27. The molecule has 0 aliphatic carbocycles. The number of carboxylic acid groups (broad SMARTS) is 1. The number of carbonyl (C=O) groups is 2. The van der Waals surface area contributed by atoms with E-state index in [1.54, 1.807) is 31.2 Å². The van der Waals surface area contributed by atoms with Crippen LogP contribution in [-0.4, -0.2) is 37.1 Å². The van der Waals surface area contributed by atoms with E-state index in [9.17, 15) is 14.7 Å². The van der Waals surface area contributed by atoms with Gasteiger partial charge < -0.3 is 15.7 Å². The van der Waals surface area contributed by atoms with Gasteiger partial charge in [0.2, 0.25) is 5.91 Å². The summed E-state index contributed by atoms with van der Waals surface area (Å²) in [6.45, 7) is 2.94. The average molecular weight is 278 g/mol. The van der Waals surface area contributed by atoms with Crippen molar-refractivity contribution in [3.05, 3.63) is 35.9 Å². The Labute approximate surface area is 119 Å². The number of aliphatic carboxylic acids is 1. The van der Waals surface area contributed by atoms with Gasteiger partial charge >= 0.3 is 5.97 Å². The van der Waals surface area contributed by atoms with Crippen LogP contribution in [-0.2, 0) is 15.0 Å². The van der Waals surface area contributed by atoms with Crippen LogP contribution in [0.4, 0.5) is 0 Å². The molecule has 0 saturated heterocycles. The number of amides is 1. The first kappa shape index (κ1) is 16.2. The Morgan fingerprint density at radius 1 is 1.20 bits per heavy atom. The minimum Gasteiger partial charge on any atom is -0.481 e. The number of benzene rings is 1. The molecular weight excluding hydrogens is 256 g/mol. The van der Waals surface area contributed by atoms with Crippen molar-refractivity contribution < 1.29 is 14.7 Å². The molecule has 0 aliphatic heterocycles. The molecule has 1 atom stereocenters. The quantitative estimate of drug-likeness (QED) is 0.623. The van der Waals surface area contributed by atoms with Gasteiger partial charge in [0.05, 0.1) is 5.41 Å². The minimum atomic E-state index is -1.20. The molecule has 1 aromatic rings. The van der Waals surface area contributed by atoms with E-state index < -0.39 is 11.4 Å². The number of carboxylic acids is 1. The van der Waals surface area contributed by atoms with Gasteiger partial charge in [0.15, 0.2) is 0 Å². The second kappa shape index (κ2) is 7.65. The fourth-order valence-corrected chi connectivity index (χ4v) is 1.98. The van der Waals surface area contributed by atoms with Gasteiger partial charge in [0, 0.05) is 13.0 Å². The zero-order valence-corrected chi connectivity index (χ0v) is 12.0. The second-order valence-electron chi connectivity index (χ2n) is 4.99. The van der Waals surface area contributed by atoms with E-state index in [1.807, 2.05) is 13.1 Å². The summed E-state index contributed by atoms with van der Waals surface area (Å²) in [7, 11) is 1.85. The predicted octanol–water partition coefficient (Wildman–Crippen LogP) is 1.14. The highest BCUT2D eigenvalue weighted by molar-refractivity contribution is 5.89. The van der Waals surface area contributed by atoms with E-state index in [1.165, 1.54) is 0 Å². The standard InChI is InChI=1S/C15H22N2O3/c1-15(14(19)20,12-7-4-3-5-8-12)11-13(18)17-10-6-9-16-2/h3-5,7-8,16H,6,9-11H2,1-2H3,(H,17,18)(H,19,20). The molecule has 0 saturated carbocycles. The molecule has 0 heterocycles. The monoisotopic (exact) mass is 278 g/mol. The van der Waals surface area contributed by atoms with Gasteiger partial charge in [-0.25, -0.2) is 0 Å². The maximum Gasteiger partial charge on any atom is 0.314 e. The van der Waals surface area contributed by atoms with Crippen molar-refractivity contribution in [1.29, 1.82) is 0 Å². The Morgan fingerprint density at radius 3 is 2.40 bits per heavy atom. The van der Waals surface area contributed by atoms with E-state index in [0.717, 1.165) is 13.0 Å². The van der Waals surface area contributed by atoms with Crippen molar-refractivity contribution >= 4 is 11.9 Å². The van der Waals surface area contributed by atoms with Gasteiger partial charge in [0.1, 0.15) is 0 Å². The first-order chi connectivity index (χ1) is 9.50. The molecule has 1 rings (SSSR count). The molecule has 20 heavy (non-hydrogen) atoms. The molecule has 0 bridgehead atoms. The summed E-state index contributed by atoms with van der Waals surface area (Å²) in [6, 6.07) is 8.86. The maximum absolute atomic E-state index is 11.9. The van der Waals surface area contributed by atoms with Crippen molar-refractivity contribution in [3.63, 3.8) is 0 Å². The van der Waals surface area contributed by atoms with Crippen LogP contribution in [0.25, 0.3) is 0 Å². The molecule has 1 aromatic carbocycles. The smallest absolute Gasteiger partial charge is 0.314 e. The Morgan fingerprint density at radius 2 is 1.85 bits per heavy atom.